The Morgan fingerprint density at radius 3 is 3.06 bits per heavy atom. The summed E-state index contributed by atoms with van der Waals surface area (Å²) in [4.78, 5) is 4.31. The lowest BCUT2D eigenvalue weighted by Gasteiger charge is -2.13. The van der Waals surface area contributed by atoms with Crippen LogP contribution >= 0.6 is 0 Å². The largest absolute Gasteiger partial charge is 0.393 e. The molecule has 94 valence electrons. The molecule has 0 saturated carbocycles. The third kappa shape index (κ3) is 4.10. The van der Waals surface area contributed by atoms with E-state index in [0.29, 0.717) is 12.5 Å². The van der Waals surface area contributed by atoms with E-state index in [1.807, 2.05) is 25.3 Å². The van der Waals surface area contributed by atoms with E-state index in [1.54, 1.807) is 0 Å². The minimum atomic E-state index is -0.297. The third-order valence-corrected chi connectivity index (χ3v) is 3.26. The number of aromatic nitrogens is 1. The van der Waals surface area contributed by atoms with Crippen LogP contribution in [0.15, 0.2) is 18.3 Å². The molecule has 3 nitrogen and oxygen atoms in total. The van der Waals surface area contributed by atoms with Crippen LogP contribution in [0.3, 0.4) is 0 Å². The summed E-state index contributed by atoms with van der Waals surface area (Å²) in [6.45, 7) is 2.91. The van der Waals surface area contributed by atoms with Gasteiger partial charge in [0, 0.05) is 24.9 Å². The Morgan fingerprint density at radius 1 is 1.53 bits per heavy atom. The van der Waals surface area contributed by atoms with Crippen molar-refractivity contribution in [3.05, 3.63) is 29.6 Å². The van der Waals surface area contributed by atoms with Crippen LogP contribution in [-0.4, -0.2) is 28.9 Å². The van der Waals surface area contributed by atoms with Gasteiger partial charge < -0.3 is 9.84 Å². The van der Waals surface area contributed by atoms with E-state index in [9.17, 15) is 5.11 Å². The van der Waals surface area contributed by atoms with Crippen molar-refractivity contribution in [2.75, 3.05) is 6.61 Å². The molecule has 2 rings (SSSR count). The summed E-state index contributed by atoms with van der Waals surface area (Å²) in [5.41, 5.74) is 2.12. The summed E-state index contributed by atoms with van der Waals surface area (Å²) in [5.74, 6) is 0. The Labute approximate surface area is 103 Å². The first-order valence-corrected chi connectivity index (χ1v) is 6.45. The summed E-state index contributed by atoms with van der Waals surface area (Å²) >= 11 is 0. The van der Waals surface area contributed by atoms with Crippen molar-refractivity contribution in [3.8, 4) is 0 Å². The molecule has 2 heterocycles. The van der Waals surface area contributed by atoms with Crippen LogP contribution in [-0.2, 0) is 11.2 Å². The molecule has 0 amide bonds. The van der Waals surface area contributed by atoms with Crippen molar-refractivity contribution < 1.29 is 9.84 Å². The summed E-state index contributed by atoms with van der Waals surface area (Å²) in [7, 11) is 0. The van der Waals surface area contributed by atoms with Crippen LogP contribution < -0.4 is 0 Å². The number of nitrogens with zero attached hydrogens (tertiary/aromatic N) is 1. The summed E-state index contributed by atoms with van der Waals surface area (Å²) in [6, 6.07) is 4.03. The molecule has 1 N–H and O–H groups in total. The molecule has 2 atom stereocenters. The van der Waals surface area contributed by atoms with E-state index >= 15 is 0 Å². The summed E-state index contributed by atoms with van der Waals surface area (Å²) in [5, 5.41) is 9.94. The number of pyridine rings is 1. The van der Waals surface area contributed by atoms with Crippen molar-refractivity contribution in [1.82, 2.24) is 4.98 Å². The molecule has 1 aromatic heterocycles. The summed E-state index contributed by atoms with van der Waals surface area (Å²) in [6.07, 6.45) is 6.66. The maximum atomic E-state index is 9.94. The second kappa shape index (κ2) is 6.12. The number of hydrogen-bond donors (Lipinski definition) is 1. The van der Waals surface area contributed by atoms with Crippen molar-refractivity contribution in [2.24, 2.45) is 0 Å². The molecule has 1 saturated heterocycles. The second-order valence-corrected chi connectivity index (χ2v) is 4.90. The van der Waals surface area contributed by atoms with Gasteiger partial charge in [0.25, 0.3) is 0 Å². The van der Waals surface area contributed by atoms with Crippen molar-refractivity contribution in [1.29, 1.82) is 0 Å². The molecule has 0 aliphatic carbocycles. The Morgan fingerprint density at radius 2 is 2.41 bits per heavy atom. The fourth-order valence-corrected chi connectivity index (χ4v) is 2.21. The van der Waals surface area contributed by atoms with Crippen LogP contribution in [0.5, 0.6) is 0 Å². The van der Waals surface area contributed by atoms with E-state index in [0.717, 1.165) is 37.1 Å². The normalized spacial score (nSPS) is 21.6. The van der Waals surface area contributed by atoms with Gasteiger partial charge in [-0.3, -0.25) is 4.98 Å². The molecule has 1 aliphatic heterocycles. The average molecular weight is 235 g/mol. The second-order valence-electron chi connectivity index (χ2n) is 4.90. The van der Waals surface area contributed by atoms with Crippen LogP contribution in [0, 0.1) is 6.92 Å². The van der Waals surface area contributed by atoms with Crippen molar-refractivity contribution in [2.45, 2.75) is 51.2 Å². The van der Waals surface area contributed by atoms with Gasteiger partial charge in [0.1, 0.15) is 0 Å². The topological polar surface area (TPSA) is 42.4 Å². The minimum absolute atomic E-state index is 0.297. The van der Waals surface area contributed by atoms with Gasteiger partial charge in [-0.05, 0) is 44.2 Å². The quantitative estimate of drug-likeness (QED) is 0.851. The van der Waals surface area contributed by atoms with Gasteiger partial charge in [-0.25, -0.2) is 0 Å². The first-order chi connectivity index (χ1) is 8.24. The van der Waals surface area contributed by atoms with E-state index < -0.39 is 0 Å². The molecule has 3 heteroatoms. The molecule has 0 aromatic carbocycles. The summed E-state index contributed by atoms with van der Waals surface area (Å²) < 4.78 is 5.54. The van der Waals surface area contributed by atoms with Gasteiger partial charge in [0.15, 0.2) is 0 Å². The van der Waals surface area contributed by atoms with Gasteiger partial charge in [-0.2, -0.15) is 0 Å². The monoisotopic (exact) mass is 235 g/mol. The first-order valence-electron chi connectivity index (χ1n) is 6.45. The number of hydrogen-bond acceptors (Lipinski definition) is 3. The van der Waals surface area contributed by atoms with Gasteiger partial charge >= 0.3 is 0 Å². The molecule has 1 fully saturated rings. The Bertz CT molecular complexity index is 331. The van der Waals surface area contributed by atoms with E-state index in [1.165, 1.54) is 6.42 Å². The van der Waals surface area contributed by atoms with Gasteiger partial charge in [0.05, 0.1) is 12.2 Å². The fourth-order valence-electron chi connectivity index (χ4n) is 2.21. The van der Waals surface area contributed by atoms with Crippen LogP contribution in [0.4, 0.5) is 0 Å². The minimum Gasteiger partial charge on any atom is -0.393 e. The zero-order chi connectivity index (χ0) is 12.1. The van der Waals surface area contributed by atoms with Gasteiger partial charge in [0.2, 0.25) is 0 Å². The van der Waals surface area contributed by atoms with Gasteiger partial charge in [-0.1, -0.05) is 6.07 Å². The maximum absolute atomic E-state index is 9.94. The van der Waals surface area contributed by atoms with E-state index in [-0.39, 0.29) is 6.10 Å². The highest BCUT2D eigenvalue weighted by Crippen LogP contribution is 2.18. The Hall–Kier alpha value is -0.930. The highest BCUT2D eigenvalue weighted by Gasteiger charge is 2.17. The fraction of sp³-hybridized carbons (Fsp3) is 0.643. The maximum Gasteiger partial charge on any atom is 0.0596 e. The highest BCUT2D eigenvalue weighted by atomic mass is 16.5. The molecule has 0 spiro atoms. The molecule has 0 radical (unpaired) electrons. The first kappa shape index (κ1) is 12.5. The Balaban J connectivity index is 1.72. The van der Waals surface area contributed by atoms with E-state index in [2.05, 4.69) is 4.98 Å². The molecule has 1 aromatic rings. The molecular formula is C14H21NO2. The van der Waals surface area contributed by atoms with Gasteiger partial charge in [-0.15, -0.1) is 0 Å². The average Bonchev–Trinajstić information content (AvgIpc) is 2.83. The third-order valence-electron chi connectivity index (χ3n) is 3.26. The zero-order valence-corrected chi connectivity index (χ0v) is 10.4. The molecular weight excluding hydrogens is 214 g/mol. The number of aliphatic hydroxyl groups is 1. The van der Waals surface area contributed by atoms with Crippen LogP contribution in [0.1, 0.15) is 36.9 Å². The lowest BCUT2D eigenvalue weighted by Crippen LogP contribution is -2.15. The number of aliphatic hydroxyl groups excluding tert-OH is 1. The standard InChI is InChI=1S/C14H21NO2/c1-11-4-5-12(15-10-11)9-13(16)6-7-14-3-2-8-17-14/h4-5,10,13-14,16H,2-3,6-9H2,1H3. The molecule has 0 bridgehead atoms. The SMILES string of the molecule is Cc1ccc(CC(O)CCC2CCCO2)nc1. The van der Waals surface area contributed by atoms with Crippen molar-refractivity contribution in [3.63, 3.8) is 0 Å². The molecule has 17 heavy (non-hydrogen) atoms. The Kier molecular flexibility index (Phi) is 4.51. The lowest BCUT2D eigenvalue weighted by molar-refractivity contribution is 0.0811. The zero-order valence-electron chi connectivity index (χ0n) is 10.4. The molecule has 1 aliphatic rings. The highest BCUT2D eigenvalue weighted by molar-refractivity contribution is 5.12. The predicted octanol–water partition coefficient (Wildman–Crippen LogP) is 2.25. The van der Waals surface area contributed by atoms with E-state index in [4.69, 9.17) is 4.74 Å². The van der Waals surface area contributed by atoms with Crippen molar-refractivity contribution >= 4 is 0 Å². The number of aryl methyl sites for hydroxylation is 1. The lowest BCUT2D eigenvalue weighted by atomic mass is 10.0. The number of ether oxygens (including phenoxy) is 1. The van der Waals surface area contributed by atoms with Crippen LogP contribution in [0.2, 0.25) is 0 Å². The smallest absolute Gasteiger partial charge is 0.0596 e. The predicted molar refractivity (Wildman–Crippen MR) is 66.9 cm³/mol. The number of rotatable bonds is 5. The van der Waals surface area contributed by atoms with Crippen LogP contribution in [0.25, 0.3) is 0 Å². The molecule has 2 unspecified atom stereocenters.